The van der Waals surface area contributed by atoms with Gasteiger partial charge in [-0.1, -0.05) is 0 Å². The Morgan fingerprint density at radius 1 is 0.902 bits per heavy atom. The summed E-state index contributed by atoms with van der Waals surface area (Å²) in [6.45, 7) is 0.0632. The number of ether oxygens (including phenoxy) is 1. The molecule has 2 aliphatic rings. The number of hydrogen-bond acceptors (Lipinski definition) is 10. The number of rotatable bonds is 9. The predicted molar refractivity (Wildman–Crippen MR) is 147 cm³/mol. The average molecular weight is 561 g/mol. The zero-order chi connectivity index (χ0) is 28.2. The molecule has 4 N–H and O–H groups in total. The van der Waals surface area contributed by atoms with Crippen LogP contribution in [0.25, 0.3) is 5.65 Å². The first kappa shape index (κ1) is 26.3. The second kappa shape index (κ2) is 11.7. The van der Waals surface area contributed by atoms with Crippen molar-refractivity contribution in [3.63, 3.8) is 0 Å². The molecule has 2 amide bonds. The summed E-state index contributed by atoms with van der Waals surface area (Å²) < 4.78 is 20.8. The maximum atomic E-state index is 14.1. The van der Waals surface area contributed by atoms with Gasteiger partial charge < -0.3 is 26.0 Å². The molecule has 0 aliphatic heterocycles. The minimum atomic E-state index is -0.634. The van der Waals surface area contributed by atoms with Gasteiger partial charge in [0.05, 0.1) is 35.7 Å². The monoisotopic (exact) mass is 560 g/mol. The molecule has 0 saturated heterocycles. The van der Waals surface area contributed by atoms with Gasteiger partial charge in [-0.05, 0) is 44.6 Å². The van der Waals surface area contributed by atoms with Gasteiger partial charge in [-0.2, -0.15) is 0 Å². The zero-order valence-corrected chi connectivity index (χ0v) is 22.1. The SMILES string of the molecule is O=C(NC1CCC(Nc2cc(NC3CC3)c3ncc(C(=O)Nc4ccncc4F)n3n2)CC1)OCc1cnccn1. The van der Waals surface area contributed by atoms with E-state index in [9.17, 15) is 14.0 Å². The van der Waals surface area contributed by atoms with Crippen molar-refractivity contribution in [2.75, 3.05) is 16.0 Å². The Morgan fingerprint density at radius 3 is 2.41 bits per heavy atom. The summed E-state index contributed by atoms with van der Waals surface area (Å²) >= 11 is 0. The molecule has 0 atom stereocenters. The van der Waals surface area contributed by atoms with Crippen molar-refractivity contribution in [3.8, 4) is 0 Å². The Balaban J connectivity index is 1.10. The highest BCUT2D eigenvalue weighted by molar-refractivity contribution is 6.03. The van der Waals surface area contributed by atoms with Crippen LogP contribution in [-0.2, 0) is 11.3 Å². The van der Waals surface area contributed by atoms with Gasteiger partial charge in [0.1, 0.15) is 12.4 Å². The molecule has 2 aliphatic carbocycles. The summed E-state index contributed by atoms with van der Waals surface area (Å²) in [4.78, 5) is 41.5. The lowest BCUT2D eigenvalue weighted by atomic mass is 9.91. The molecule has 0 bridgehead atoms. The lowest BCUT2D eigenvalue weighted by Gasteiger charge is -2.29. The van der Waals surface area contributed by atoms with E-state index >= 15 is 0 Å². The summed E-state index contributed by atoms with van der Waals surface area (Å²) in [5, 5.41) is 17.1. The maximum Gasteiger partial charge on any atom is 0.407 e. The average Bonchev–Trinajstić information content (AvgIpc) is 3.69. The highest BCUT2D eigenvalue weighted by atomic mass is 19.1. The summed E-state index contributed by atoms with van der Waals surface area (Å²) in [6, 6.07) is 3.76. The van der Waals surface area contributed by atoms with Crippen molar-refractivity contribution in [2.45, 2.75) is 63.3 Å². The number of hydrogen-bond donors (Lipinski definition) is 4. The third-order valence-electron chi connectivity index (χ3n) is 7.03. The van der Waals surface area contributed by atoms with Crippen molar-refractivity contribution in [1.29, 1.82) is 0 Å². The molecule has 4 heterocycles. The van der Waals surface area contributed by atoms with E-state index in [0.717, 1.165) is 50.4 Å². The van der Waals surface area contributed by atoms with Crippen LogP contribution in [0.1, 0.15) is 54.7 Å². The number of halogens is 1. The predicted octanol–water partition coefficient (Wildman–Crippen LogP) is 3.53. The van der Waals surface area contributed by atoms with Crippen LogP contribution in [0.5, 0.6) is 0 Å². The Morgan fingerprint density at radius 2 is 1.66 bits per heavy atom. The largest absolute Gasteiger partial charge is 0.443 e. The molecule has 4 aromatic heterocycles. The van der Waals surface area contributed by atoms with E-state index in [2.05, 4.69) is 46.3 Å². The van der Waals surface area contributed by atoms with Crippen LogP contribution < -0.4 is 21.3 Å². The number of nitrogens with zero attached hydrogens (tertiary/aromatic N) is 6. The van der Waals surface area contributed by atoms with E-state index in [1.165, 1.54) is 23.0 Å². The first-order chi connectivity index (χ1) is 20.0. The standard InChI is InChI=1S/C27H29FN10O3/c28-20-13-29-8-7-21(20)36-26(39)23-14-32-25-22(33-16-1-2-16)11-24(37-38(23)25)34-17-3-5-18(6-4-17)35-27(40)41-15-19-12-30-9-10-31-19/h7-14,16-18,33H,1-6,15H2,(H,34,37)(H,35,40)(H,29,36,39). The Bertz CT molecular complexity index is 1540. The van der Waals surface area contributed by atoms with Gasteiger partial charge in [0.15, 0.2) is 17.2 Å². The molecule has 4 aromatic rings. The minimum Gasteiger partial charge on any atom is -0.443 e. The maximum absolute atomic E-state index is 14.1. The zero-order valence-electron chi connectivity index (χ0n) is 22.1. The number of anilines is 3. The lowest BCUT2D eigenvalue weighted by molar-refractivity contribution is 0.101. The Kier molecular flexibility index (Phi) is 7.52. The van der Waals surface area contributed by atoms with Crippen LogP contribution in [-0.4, -0.2) is 59.7 Å². The van der Waals surface area contributed by atoms with Gasteiger partial charge >= 0.3 is 6.09 Å². The van der Waals surface area contributed by atoms with Gasteiger partial charge in [-0.25, -0.2) is 18.7 Å². The van der Waals surface area contributed by atoms with E-state index in [-0.39, 0.29) is 30.1 Å². The smallest absolute Gasteiger partial charge is 0.407 e. The van der Waals surface area contributed by atoms with E-state index in [1.807, 2.05) is 6.07 Å². The van der Waals surface area contributed by atoms with Crippen molar-refractivity contribution < 1.29 is 18.7 Å². The first-order valence-electron chi connectivity index (χ1n) is 13.5. The van der Waals surface area contributed by atoms with Crippen molar-refractivity contribution >= 4 is 34.8 Å². The summed E-state index contributed by atoms with van der Waals surface area (Å²) in [6.07, 6.45) is 13.3. The number of aromatic nitrogens is 6. The van der Waals surface area contributed by atoms with Gasteiger partial charge in [-0.15, -0.1) is 5.10 Å². The normalized spacial score (nSPS) is 18.5. The number of alkyl carbamates (subject to hydrolysis) is 1. The second-order valence-corrected chi connectivity index (χ2v) is 10.2. The van der Waals surface area contributed by atoms with Crippen molar-refractivity contribution in [3.05, 3.63) is 66.5 Å². The number of pyridine rings is 1. The molecule has 6 rings (SSSR count). The molecule has 0 radical (unpaired) electrons. The number of imidazole rings is 1. The molecule has 2 saturated carbocycles. The number of amides is 2. The topological polar surface area (TPSA) is 160 Å². The molecule has 0 unspecified atom stereocenters. The summed E-state index contributed by atoms with van der Waals surface area (Å²) in [5.74, 6) is -0.588. The summed E-state index contributed by atoms with van der Waals surface area (Å²) in [7, 11) is 0. The number of carbonyl (C=O) groups excluding carboxylic acids is 2. The third-order valence-corrected chi connectivity index (χ3v) is 7.03. The van der Waals surface area contributed by atoms with Crippen LogP contribution in [0.4, 0.5) is 26.4 Å². The molecule has 2 fully saturated rings. The Labute approximate surface area is 234 Å². The van der Waals surface area contributed by atoms with Crippen LogP contribution in [0, 0.1) is 5.82 Å². The Hall–Kier alpha value is -4.88. The van der Waals surface area contributed by atoms with E-state index in [0.29, 0.717) is 23.2 Å². The second-order valence-electron chi connectivity index (χ2n) is 10.2. The molecule has 0 spiro atoms. The number of carbonyl (C=O) groups is 2. The fourth-order valence-electron chi connectivity index (χ4n) is 4.75. The summed E-state index contributed by atoms with van der Waals surface area (Å²) in [5.41, 5.74) is 2.05. The molecule has 13 nitrogen and oxygen atoms in total. The minimum absolute atomic E-state index is 0.00229. The molecular formula is C27H29FN10O3. The van der Waals surface area contributed by atoms with E-state index in [1.54, 1.807) is 18.6 Å². The molecule has 0 aromatic carbocycles. The molecular weight excluding hydrogens is 531 g/mol. The van der Waals surface area contributed by atoms with Crippen LogP contribution >= 0.6 is 0 Å². The fourth-order valence-corrected chi connectivity index (χ4v) is 4.75. The molecule has 41 heavy (non-hydrogen) atoms. The van der Waals surface area contributed by atoms with E-state index < -0.39 is 17.8 Å². The van der Waals surface area contributed by atoms with Gasteiger partial charge in [0, 0.05) is 42.8 Å². The first-order valence-corrected chi connectivity index (χ1v) is 13.5. The molecule has 14 heteroatoms. The van der Waals surface area contributed by atoms with Gasteiger partial charge in [0.2, 0.25) is 0 Å². The quantitative estimate of drug-likeness (QED) is 0.238. The third kappa shape index (κ3) is 6.48. The fraction of sp³-hybridized carbons (Fsp3) is 0.370. The highest BCUT2D eigenvalue weighted by Crippen LogP contribution is 2.30. The molecule has 212 valence electrons. The van der Waals surface area contributed by atoms with Gasteiger partial charge in [0.25, 0.3) is 5.91 Å². The number of nitrogens with one attached hydrogen (secondary N) is 4. The lowest BCUT2D eigenvalue weighted by Crippen LogP contribution is -2.40. The highest BCUT2D eigenvalue weighted by Gasteiger charge is 2.26. The van der Waals surface area contributed by atoms with Crippen molar-refractivity contribution in [2.24, 2.45) is 0 Å². The van der Waals surface area contributed by atoms with Crippen LogP contribution in [0.15, 0.2) is 49.3 Å². The van der Waals surface area contributed by atoms with Crippen LogP contribution in [0.3, 0.4) is 0 Å². The number of fused-ring (bicyclic) bond motifs is 1. The van der Waals surface area contributed by atoms with Gasteiger partial charge in [-0.3, -0.25) is 19.7 Å². The van der Waals surface area contributed by atoms with Crippen LogP contribution in [0.2, 0.25) is 0 Å². The van der Waals surface area contributed by atoms with E-state index in [4.69, 9.17) is 4.74 Å². The van der Waals surface area contributed by atoms with Crippen molar-refractivity contribution in [1.82, 2.24) is 34.9 Å².